The first kappa shape index (κ1) is 15.2. The summed E-state index contributed by atoms with van der Waals surface area (Å²) in [6.45, 7) is 3.89. The minimum atomic E-state index is -4.08. The first-order valence-corrected chi connectivity index (χ1v) is 6.78. The molecule has 2 unspecified atom stereocenters. The fraction of sp³-hybridized carbons (Fsp3) is 0.900. The van der Waals surface area contributed by atoms with Gasteiger partial charge >= 0.3 is 0 Å². The molecule has 2 bridgehead atoms. The van der Waals surface area contributed by atoms with Crippen LogP contribution < -0.4 is 0 Å². The summed E-state index contributed by atoms with van der Waals surface area (Å²) in [6.07, 6.45) is 1.97. The molecule has 4 nitrogen and oxygen atoms in total. The number of carbonyl (C=O) groups is 1. The molecule has 1 radical (unpaired) electrons. The Bertz CT molecular complexity index is 415. The van der Waals surface area contributed by atoms with Crippen LogP contribution in [0.15, 0.2) is 0 Å². The summed E-state index contributed by atoms with van der Waals surface area (Å²) in [4.78, 5) is 11.9. The topological polar surface area (TPSA) is 71.4 Å². The second kappa shape index (κ2) is 4.37. The fourth-order valence-corrected chi connectivity index (χ4v) is 4.72. The van der Waals surface area contributed by atoms with Crippen molar-refractivity contribution in [1.29, 1.82) is 0 Å². The number of rotatable bonds is 2. The molecule has 0 heterocycles. The average Bonchev–Trinajstić information content (AvgIpc) is 2.34. The van der Waals surface area contributed by atoms with Crippen LogP contribution in [0.25, 0.3) is 0 Å². The van der Waals surface area contributed by atoms with E-state index >= 15 is 0 Å². The van der Waals surface area contributed by atoms with Crippen LogP contribution in [0.2, 0.25) is 0 Å². The van der Waals surface area contributed by atoms with Gasteiger partial charge < -0.3 is 0 Å². The van der Waals surface area contributed by atoms with E-state index < -0.39 is 21.3 Å². The molecule has 0 amide bonds. The summed E-state index contributed by atoms with van der Waals surface area (Å²) in [5, 5.41) is 0. The Labute approximate surface area is 137 Å². The van der Waals surface area contributed by atoms with Crippen molar-refractivity contribution < 1.29 is 67.1 Å². The Morgan fingerprint density at radius 3 is 2.31 bits per heavy atom. The molecule has 0 aromatic carbocycles. The maximum absolute atomic E-state index is 11.9. The summed E-state index contributed by atoms with van der Waals surface area (Å²) in [5.41, 5.74) is -1.12. The zero-order valence-electron chi connectivity index (χ0n) is 9.36. The predicted molar refractivity (Wildman–Crippen MR) is 55.0 cm³/mol. The van der Waals surface area contributed by atoms with E-state index in [1.54, 1.807) is 0 Å². The summed E-state index contributed by atoms with van der Waals surface area (Å²) in [7, 11) is -4.08. The van der Waals surface area contributed by atoms with Gasteiger partial charge in [0.25, 0.3) is 10.1 Å². The van der Waals surface area contributed by atoms with Gasteiger partial charge in [0.15, 0.2) is 0 Å². The van der Waals surface area contributed by atoms with Gasteiger partial charge in [-0.05, 0) is 24.2 Å². The van der Waals surface area contributed by atoms with Gasteiger partial charge in [-0.3, -0.25) is 9.35 Å². The fourth-order valence-electron chi connectivity index (χ4n) is 3.42. The van der Waals surface area contributed by atoms with E-state index in [1.807, 2.05) is 13.8 Å². The molecule has 2 fully saturated rings. The SMILES string of the molecule is CC1(C)C2CCC1(CS(=O)(=O)O)C(=O)C2.[Eu]. The van der Waals surface area contributed by atoms with Crippen molar-refractivity contribution in [2.24, 2.45) is 16.7 Å². The Hall–Kier alpha value is 1.16. The van der Waals surface area contributed by atoms with Gasteiger partial charge in [-0.15, -0.1) is 0 Å². The van der Waals surface area contributed by atoms with Crippen molar-refractivity contribution >= 4 is 15.9 Å². The maximum atomic E-state index is 11.9. The van der Waals surface area contributed by atoms with Crippen molar-refractivity contribution in [1.82, 2.24) is 0 Å². The van der Waals surface area contributed by atoms with Gasteiger partial charge in [0.2, 0.25) is 0 Å². The molecular weight excluding hydrogens is 368 g/mol. The van der Waals surface area contributed by atoms with Crippen LogP contribution in [0.4, 0.5) is 0 Å². The number of carbonyl (C=O) groups excluding carboxylic acids is 1. The van der Waals surface area contributed by atoms with E-state index in [2.05, 4.69) is 0 Å². The normalized spacial score (nSPS) is 36.2. The molecule has 0 aromatic rings. The van der Waals surface area contributed by atoms with E-state index in [-0.39, 0.29) is 66.5 Å². The Morgan fingerprint density at radius 2 is 2.00 bits per heavy atom. The quantitative estimate of drug-likeness (QED) is 0.728. The molecule has 2 saturated carbocycles. The molecule has 0 aliphatic heterocycles. The largest absolute Gasteiger partial charge is 0.299 e. The van der Waals surface area contributed by atoms with Crippen molar-refractivity contribution in [3.63, 3.8) is 0 Å². The minimum Gasteiger partial charge on any atom is -0.299 e. The number of fused-ring (bicyclic) bond motifs is 2. The van der Waals surface area contributed by atoms with Gasteiger partial charge in [-0.2, -0.15) is 8.42 Å². The summed E-state index contributed by atoms with van der Waals surface area (Å²) < 4.78 is 31.0. The summed E-state index contributed by atoms with van der Waals surface area (Å²) >= 11 is 0. The zero-order chi connectivity index (χ0) is 11.5. The third-order valence-electron chi connectivity index (χ3n) is 4.57. The van der Waals surface area contributed by atoms with Crippen LogP contribution in [0.3, 0.4) is 0 Å². The monoisotopic (exact) mass is 385 g/mol. The van der Waals surface area contributed by atoms with Crippen LogP contribution in [-0.2, 0) is 14.9 Å². The van der Waals surface area contributed by atoms with Gasteiger partial charge in [0.1, 0.15) is 5.78 Å². The Kier molecular flexibility index (Phi) is 4.16. The first-order chi connectivity index (χ1) is 6.69. The Morgan fingerprint density at radius 1 is 1.44 bits per heavy atom. The van der Waals surface area contributed by atoms with E-state index in [0.29, 0.717) is 12.8 Å². The first-order valence-electron chi connectivity index (χ1n) is 5.17. The van der Waals surface area contributed by atoms with E-state index in [1.165, 1.54) is 0 Å². The van der Waals surface area contributed by atoms with Crippen molar-refractivity contribution in [2.75, 3.05) is 5.75 Å². The standard InChI is InChI=1S/C10H16O4S.Eu/c1-9(2)7-3-4-10(9,8(11)5-7)6-15(12,13)14;/h7H,3-6H2,1-2H3,(H,12,13,14);. The molecule has 1 N–H and O–H groups in total. The summed E-state index contributed by atoms with van der Waals surface area (Å²) in [5.74, 6) is -0.101. The average molecular weight is 384 g/mol. The molecule has 2 atom stereocenters. The molecule has 0 aromatic heterocycles. The molecule has 93 valence electrons. The summed E-state index contributed by atoms with van der Waals surface area (Å²) in [6, 6.07) is 0. The van der Waals surface area contributed by atoms with Gasteiger partial charge in [0.05, 0.1) is 11.2 Å². The van der Waals surface area contributed by atoms with Crippen LogP contribution in [0.5, 0.6) is 0 Å². The van der Waals surface area contributed by atoms with Crippen LogP contribution in [0, 0.1) is 66.1 Å². The van der Waals surface area contributed by atoms with Crippen molar-refractivity contribution in [2.45, 2.75) is 33.1 Å². The number of hydrogen-bond acceptors (Lipinski definition) is 3. The molecule has 6 heteroatoms. The molecule has 0 saturated heterocycles. The second-order valence-corrected chi connectivity index (χ2v) is 6.85. The third-order valence-corrected chi connectivity index (χ3v) is 5.43. The Balaban J connectivity index is 0.00000128. The number of ketones is 1. The zero-order valence-corrected chi connectivity index (χ0v) is 12.6. The van der Waals surface area contributed by atoms with Crippen molar-refractivity contribution in [3.05, 3.63) is 0 Å². The minimum absolute atomic E-state index is 0. The number of hydrogen-bond donors (Lipinski definition) is 1. The molecular formula is C10H16EuO4S. The van der Waals surface area contributed by atoms with Crippen molar-refractivity contribution in [3.8, 4) is 0 Å². The molecule has 2 aliphatic rings. The van der Waals surface area contributed by atoms with Gasteiger partial charge in [0, 0.05) is 55.8 Å². The smallest absolute Gasteiger partial charge is 0.265 e. The van der Waals surface area contributed by atoms with E-state index in [9.17, 15) is 13.2 Å². The molecule has 2 aliphatic carbocycles. The molecule has 0 spiro atoms. The third kappa shape index (κ3) is 2.09. The predicted octanol–water partition coefficient (Wildman–Crippen LogP) is 1.27. The van der Waals surface area contributed by atoms with Crippen LogP contribution in [0.1, 0.15) is 33.1 Å². The molecule has 16 heavy (non-hydrogen) atoms. The second-order valence-electron chi connectivity index (χ2n) is 5.39. The maximum Gasteiger partial charge on any atom is 0.265 e. The van der Waals surface area contributed by atoms with Crippen LogP contribution in [-0.4, -0.2) is 24.5 Å². The molecule has 2 rings (SSSR count). The number of Topliss-reactive ketones (excluding diaryl/α,β-unsaturated/α-hetero) is 1. The van der Waals surface area contributed by atoms with E-state index in [0.717, 1.165) is 6.42 Å². The van der Waals surface area contributed by atoms with E-state index in [4.69, 9.17) is 4.55 Å². The van der Waals surface area contributed by atoms with Crippen LogP contribution >= 0.6 is 0 Å². The van der Waals surface area contributed by atoms with Gasteiger partial charge in [-0.25, -0.2) is 0 Å². The van der Waals surface area contributed by atoms with Gasteiger partial charge in [-0.1, -0.05) is 13.8 Å².